The van der Waals surface area contributed by atoms with Gasteiger partial charge in [-0.2, -0.15) is 0 Å². The lowest BCUT2D eigenvalue weighted by Gasteiger charge is -2.33. The number of benzene rings is 1. The van der Waals surface area contributed by atoms with Crippen molar-refractivity contribution in [2.75, 3.05) is 27.4 Å². The van der Waals surface area contributed by atoms with Crippen molar-refractivity contribution in [1.29, 1.82) is 0 Å². The van der Waals surface area contributed by atoms with Gasteiger partial charge in [0, 0.05) is 12.6 Å². The maximum absolute atomic E-state index is 12.9. The number of hydrogen-bond donors (Lipinski definition) is 0. The number of rotatable bonds is 8. The fourth-order valence-corrected chi connectivity index (χ4v) is 3.53. The Hall–Kier alpha value is -2.24. The van der Waals surface area contributed by atoms with Crippen molar-refractivity contribution in [1.82, 2.24) is 4.90 Å². The lowest BCUT2D eigenvalue weighted by Crippen LogP contribution is -2.44. The molecule has 0 aromatic heterocycles. The first kappa shape index (κ1) is 21.1. The van der Waals surface area contributed by atoms with Crippen molar-refractivity contribution in [3.8, 4) is 11.5 Å². The number of amides is 1. The number of carbonyl (C=O) groups is 2. The molecule has 1 amide bonds. The Kier molecular flexibility index (Phi) is 8.95. The molecule has 1 aliphatic rings. The van der Waals surface area contributed by atoms with E-state index in [0.717, 1.165) is 25.7 Å². The van der Waals surface area contributed by atoms with E-state index in [9.17, 15) is 9.59 Å². The third kappa shape index (κ3) is 6.77. The molecule has 1 fully saturated rings. The molecule has 6 heteroatoms. The highest BCUT2D eigenvalue weighted by Crippen LogP contribution is 2.26. The van der Waals surface area contributed by atoms with Crippen LogP contribution in [-0.4, -0.2) is 50.2 Å². The smallest absolute Gasteiger partial charge is 0.307 e. The lowest BCUT2D eigenvalue weighted by molar-refractivity contribution is -0.143. The van der Waals surface area contributed by atoms with Crippen LogP contribution in [0.5, 0.6) is 11.5 Å². The summed E-state index contributed by atoms with van der Waals surface area (Å²) >= 11 is 0. The van der Waals surface area contributed by atoms with Gasteiger partial charge in [0.2, 0.25) is 0 Å². The van der Waals surface area contributed by atoms with E-state index in [0.29, 0.717) is 18.0 Å². The van der Waals surface area contributed by atoms with E-state index in [2.05, 4.69) is 0 Å². The molecule has 150 valence electrons. The van der Waals surface area contributed by atoms with Gasteiger partial charge < -0.3 is 19.1 Å². The van der Waals surface area contributed by atoms with Crippen molar-refractivity contribution in [3.63, 3.8) is 0 Å². The molecule has 1 aromatic carbocycles. The summed E-state index contributed by atoms with van der Waals surface area (Å²) < 4.78 is 15.7. The van der Waals surface area contributed by atoms with Crippen LogP contribution < -0.4 is 9.47 Å². The fraction of sp³-hybridized carbons (Fsp3) is 0.619. The number of ether oxygens (including phenoxy) is 3. The molecule has 1 aromatic rings. The van der Waals surface area contributed by atoms with Crippen molar-refractivity contribution in [2.45, 2.75) is 57.4 Å². The van der Waals surface area contributed by atoms with Gasteiger partial charge in [-0.25, -0.2) is 0 Å². The predicted octanol–water partition coefficient (Wildman–Crippen LogP) is 3.58. The third-order valence-corrected chi connectivity index (χ3v) is 5.04. The topological polar surface area (TPSA) is 65.1 Å². The van der Waals surface area contributed by atoms with Crippen LogP contribution in [0.3, 0.4) is 0 Å². The molecule has 0 saturated heterocycles. The van der Waals surface area contributed by atoms with E-state index in [1.165, 1.54) is 26.4 Å². The van der Waals surface area contributed by atoms with Crippen LogP contribution >= 0.6 is 0 Å². The summed E-state index contributed by atoms with van der Waals surface area (Å²) in [5.74, 6) is 0.732. The van der Waals surface area contributed by atoms with Gasteiger partial charge in [-0.3, -0.25) is 9.59 Å². The molecule has 1 saturated carbocycles. The number of esters is 1. The Balaban J connectivity index is 2.03. The van der Waals surface area contributed by atoms with E-state index in [-0.39, 0.29) is 30.9 Å². The molecular formula is C21H31NO5. The number of para-hydroxylation sites is 2. The minimum Gasteiger partial charge on any atom is -0.493 e. The number of hydrogen-bond acceptors (Lipinski definition) is 5. The SMILES string of the molecule is COC(=O)CCN(C(=O)COc1ccccc1OC)C1CCCCCCC1. The average Bonchev–Trinajstić information content (AvgIpc) is 2.67. The zero-order chi connectivity index (χ0) is 19.5. The molecule has 0 bridgehead atoms. The first-order valence-corrected chi connectivity index (χ1v) is 9.77. The second-order valence-electron chi connectivity index (χ2n) is 6.85. The molecule has 1 aliphatic carbocycles. The lowest BCUT2D eigenvalue weighted by atomic mass is 9.95. The maximum Gasteiger partial charge on any atom is 0.307 e. The number of methoxy groups -OCH3 is 2. The minimum atomic E-state index is -0.302. The van der Waals surface area contributed by atoms with E-state index in [4.69, 9.17) is 14.2 Å². The Morgan fingerprint density at radius 1 is 1.00 bits per heavy atom. The molecule has 6 nitrogen and oxygen atoms in total. The summed E-state index contributed by atoms with van der Waals surface area (Å²) in [7, 11) is 2.94. The molecule has 0 atom stereocenters. The van der Waals surface area contributed by atoms with Gasteiger partial charge in [0.25, 0.3) is 5.91 Å². The van der Waals surface area contributed by atoms with E-state index < -0.39 is 0 Å². The predicted molar refractivity (Wildman–Crippen MR) is 103 cm³/mol. The van der Waals surface area contributed by atoms with Crippen LogP contribution in [0.4, 0.5) is 0 Å². The average molecular weight is 377 g/mol. The molecule has 0 radical (unpaired) electrons. The zero-order valence-electron chi connectivity index (χ0n) is 16.4. The summed E-state index contributed by atoms with van der Waals surface area (Å²) in [4.78, 5) is 26.3. The summed E-state index contributed by atoms with van der Waals surface area (Å²) in [5, 5.41) is 0. The van der Waals surface area contributed by atoms with Crippen LogP contribution in [0.15, 0.2) is 24.3 Å². The molecule has 0 N–H and O–H groups in total. The van der Waals surface area contributed by atoms with Crippen LogP contribution in [0.2, 0.25) is 0 Å². The minimum absolute atomic E-state index is 0.0714. The first-order valence-electron chi connectivity index (χ1n) is 9.77. The monoisotopic (exact) mass is 377 g/mol. The van der Waals surface area contributed by atoms with Gasteiger partial charge in [0.05, 0.1) is 20.6 Å². The van der Waals surface area contributed by atoms with E-state index in [1.807, 2.05) is 17.0 Å². The molecule has 0 aliphatic heterocycles. The van der Waals surface area contributed by atoms with Gasteiger partial charge >= 0.3 is 5.97 Å². The molecule has 0 heterocycles. The third-order valence-electron chi connectivity index (χ3n) is 5.04. The number of carbonyl (C=O) groups excluding carboxylic acids is 2. The highest BCUT2D eigenvalue weighted by molar-refractivity contribution is 5.79. The standard InChI is InChI=1S/C21H31NO5/c1-25-18-12-8-9-13-19(18)27-16-20(23)22(15-14-21(24)26-2)17-10-6-4-3-5-7-11-17/h8-9,12-13,17H,3-7,10-11,14-16H2,1-2H3. The Bertz CT molecular complexity index is 596. The Labute approximate surface area is 161 Å². The van der Waals surface area contributed by atoms with Crippen molar-refractivity contribution >= 4 is 11.9 Å². The van der Waals surface area contributed by atoms with Crippen molar-refractivity contribution in [2.24, 2.45) is 0 Å². The van der Waals surface area contributed by atoms with Crippen LogP contribution in [0, 0.1) is 0 Å². The van der Waals surface area contributed by atoms with E-state index in [1.54, 1.807) is 19.2 Å². The van der Waals surface area contributed by atoms with Crippen LogP contribution in [0.25, 0.3) is 0 Å². The van der Waals surface area contributed by atoms with Crippen molar-refractivity contribution < 1.29 is 23.8 Å². The second kappa shape index (κ2) is 11.5. The van der Waals surface area contributed by atoms with E-state index >= 15 is 0 Å². The van der Waals surface area contributed by atoms with Gasteiger partial charge in [0.15, 0.2) is 18.1 Å². The van der Waals surface area contributed by atoms with Crippen LogP contribution in [0.1, 0.15) is 51.4 Å². The molecule has 2 rings (SSSR count). The highest BCUT2D eigenvalue weighted by atomic mass is 16.5. The fourth-order valence-electron chi connectivity index (χ4n) is 3.53. The van der Waals surface area contributed by atoms with Crippen LogP contribution in [-0.2, 0) is 14.3 Å². The van der Waals surface area contributed by atoms with Crippen molar-refractivity contribution in [3.05, 3.63) is 24.3 Å². The molecular weight excluding hydrogens is 346 g/mol. The number of nitrogens with zero attached hydrogens (tertiary/aromatic N) is 1. The molecule has 27 heavy (non-hydrogen) atoms. The van der Waals surface area contributed by atoms with Gasteiger partial charge in [-0.1, -0.05) is 44.2 Å². The summed E-state index contributed by atoms with van der Waals surface area (Å²) in [6.07, 6.45) is 8.04. The maximum atomic E-state index is 12.9. The normalized spacial score (nSPS) is 15.3. The largest absolute Gasteiger partial charge is 0.493 e. The van der Waals surface area contributed by atoms with Gasteiger partial charge in [-0.05, 0) is 25.0 Å². The molecule has 0 spiro atoms. The first-order chi connectivity index (χ1) is 13.2. The summed E-state index contributed by atoms with van der Waals surface area (Å²) in [5.41, 5.74) is 0. The quantitative estimate of drug-likeness (QED) is 0.648. The summed E-state index contributed by atoms with van der Waals surface area (Å²) in [6, 6.07) is 7.42. The van der Waals surface area contributed by atoms with Gasteiger partial charge in [0.1, 0.15) is 0 Å². The summed E-state index contributed by atoms with van der Waals surface area (Å²) in [6.45, 7) is 0.295. The zero-order valence-corrected chi connectivity index (χ0v) is 16.4. The Morgan fingerprint density at radius 3 is 2.26 bits per heavy atom. The molecule has 0 unspecified atom stereocenters. The highest BCUT2D eigenvalue weighted by Gasteiger charge is 2.25. The Morgan fingerprint density at radius 2 is 1.63 bits per heavy atom. The van der Waals surface area contributed by atoms with Gasteiger partial charge in [-0.15, -0.1) is 0 Å². The second-order valence-corrected chi connectivity index (χ2v) is 6.85.